The molecule has 2 fully saturated rings. The van der Waals surface area contributed by atoms with Crippen LogP contribution in [0.5, 0.6) is 0 Å². The minimum atomic E-state index is -0.728. The Bertz CT molecular complexity index is 1140. The molecule has 0 bridgehead atoms. The molecule has 1 atom stereocenters. The van der Waals surface area contributed by atoms with Gasteiger partial charge < -0.3 is 20.4 Å². The molecule has 0 radical (unpaired) electrons. The smallest absolute Gasteiger partial charge is 0.319 e. The number of likely N-dealkylation sites (tertiary alicyclic amines) is 2. The lowest BCUT2D eigenvalue weighted by Gasteiger charge is -2.37. The van der Waals surface area contributed by atoms with Gasteiger partial charge in [0, 0.05) is 47.5 Å². The first-order valence-corrected chi connectivity index (χ1v) is 15.5. The minimum absolute atomic E-state index is 0.0282. The number of anilines is 1. The number of amides is 4. The van der Waals surface area contributed by atoms with Crippen LogP contribution in [0.2, 0.25) is 0 Å². The quantitative estimate of drug-likeness (QED) is 0.365. The number of nitrogens with one attached hydrogen (secondary N) is 2. The van der Waals surface area contributed by atoms with Gasteiger partial charge in [0.05, 0.1) is 5.69 Å². The first kappa shape index (κ1) is 29.6. The Morgan fingerprint density at radius 1 is 0.897 bits per heavy atom. The highest BCUT2D eigenvalue weighted by atomic mass is 79.9. The fraction of sp³-hybridized carbons (Fsp3) is 0.500. The lowest BCUT2D eigenvalue weighted by atomic mass is 9.93. The highest BCUT2D eigenvalue weighted by molar-refractivity contribution is 9.11. The number of nitrogens with zero attached hydrogens (tertiary/aromatic N) is 2. The molecule has 2 N–H and O–H groups in total. The van der Waals surface area contributed by atoms with Crippen LogP contribution in [-0.4, -0.2) is 59.9 Å². The summed E-state index contributed by atoms with van der Waals surface area (Å²) < 4.78 is 1.53. The van der Waals surface area contributed by atoms with Gasteiger partial charge in [-0.15, -0.1) is 0 Å². The summed E-state index contributed by atoms with van der Waals surface area (Å²) in [6, 6.07) is 12.5. The van der Waals surface area contributed by atoms with Gasteiger partial charge >= 0.3 is 6.03 Å². The summed E-state index contributed by atoms with van der Waals surface area (Å²) in [6.45, 7) is 6.96. The van der Waals surface area contributed by atoms with E-state index in [2.05, 4.69) is 56.3 Å². The third-order valence-corrected chi connectivity index (χ3v) is 8.93. The van der Waals surface area contributed by atoms with Gasteiger partial charge in [0.15, 0.2) is 0 Å². The van der Waals surface area contributed by atoms with Crippen molar-refractivity contribution in [3.8, 4) is 0 Å². The molecule has 0 aromatic heterocycles. The van der Waals surface area contributed by atoms with Crippen LogP contribution in [0.4, 0.5) is 10.5 Å². The third kappa shape index (κ3) is 7.84. The van der Waals surface area contributed by atoms with Crippen LogP contribution >= 0.6 is 31.9 Å². The molecule has 2 aromatic rings. The van der Waals surface area contributed by atoms with E-state index in [4.69, 9.17) is 0 Å². The second kappa shape index (κ2) is 13.8. The lowest BCUT2D eigenvalue weighted by molar-refractivity contribution is -0.142. The molecule has 210 valence electrons. The van der Waals surface area contributed by atoms with Gasteiger partial charge in [-0.05, 0) is 93.1 Å². The van der Waals surface area contributed by atoms with Gasteiger partial charge in [-0.25, -0.2) is 4.79 Å². The number of benzene rings is 2. The minimum Gasteiger partial charge on any atom is -0.342 e. The fourth-order valence-electron chi connectivity index (χ4n) is 5.34. The fourth-order valence-corrected chi connectivity index (χ4v) is 6.76. The van der Waals surface area contributed by atoms with Crippen LogP contribution in [0, 0.1) is 5.92 Å². The molecule has 2 saturated heterocycles. The Morgan fingerprint density at radius 2 is 1.51 bits per heavy atom. The van der Waals surface area contributed by atoms with Crippen LogP contribution in [0.1, 0.15) is 63.0 Å². The van der Waals surface area contributed by atoms with Gasteiger partial charge in [0.1, 0.15) is 6.04 Å². The Kier molecular flexibility index (Phi) is 10.5. The normalized spacial score (nSPS) is 17.2. The van der Waals surface area contributed by atoms with E-state index in [9.17, 15) is 14.4 Å². The summed E-state index contributed by atoms with van der Waals surface area (Å²) in [6.07, 6.45) is 5.05. The molecule has 7 nitrogen and oxygen atoms in total. The van der Waals surface area contributed by atoms with E-state index < -0.39 is 12.1 Å². The van der Waals surface area contributed by atoms with Gasteiger partial charge in [0.2, 0.25) is 11.8 Å². The van der Waals surface area contributed by atoms with Gasteiger partial charge in [-0.3, -0.25) is 9.59 Å². The van der Waals surface area contributed by atoms with E-state index in [0.29, 0.717) is 44.0 Å². The van der Waals surface area contributed by atoms with Crippen molar-refractivity contribution >= 4 is 55.4 Å². The van der Waals surface area contributed by atoms with Gasteiger partial charge in [0.25, 0.3) is 0 Å². The summed E-state index contributed by atoms with van der Waals surface area (Å²) in [5.41, 5.74) is 2.72. The molecular weight excluding hydrogens is 624 g/mol. The zero-order valence-electron chi connectivity index (χ0n) is 22.7. The maximum absolute atomic E-state index is 13.7. The molecule has 0 saturated carbocycles. The Labute approximate surface area is 248 Å². The number of halogens is 2. The van der Waals surface area contributed by atoms with E-state index in [1.807, 2.05) is 47.4 Å². The zero-order chi connectivity index (χ0) is 27.9. The Hall–Kier alpha value is -2.39. The first-order valence-electron chi connectivity index (χ1n) is 13.9. The van der Waals surface area contributed by atoms with E-state index >= 15 is 0 Å². The van der Waals surface area contributed by atoms with Crippen molar-refractivity contribution in [2.75, 3.05) is 31.5 Å². The van der Waals surface area contributed by atoms with Crippen molar-refractivity contribution in [1.29, 1.82) is 0 Å². The number of carbonyl (C=O) groups excluding carboxylic acids is 3. The SMILES string of the molecule is CC(C)c1cc(Br)c(NC(=O)N[C@H](Cc2ccccc2)C(=O)N2CCC(C(=O)N3CCCCC3)CC2)c(Br)c1. The average Bonchev–Trinajstić information content (AvgIpc) is 2.95. The van der Waals surface area contributed by atoms with Crippen LogP contribution in [0.15, 0.2) is 51.4 Å². The van der Waals surface area contributed by atoms with Crippen molar-refractivity contribution in [1.82, 2.24) is 15.1 Å². The third-order valence-electron chi connectivity index (χ3n) is 7.68. The maximum atomic E-state index is 13.7. The summed E-state index contributed by atoms with van der Waals surface area (Å²) in [4.78, 5) is 43.6. The molecule has 39 heavy (non-hydrogen) atoms. The molecule has 0 unspecified atom stereocenters. The zero-order valence-corrected chi connectivity index (χ0v) is 25.9. The molecule has 2 aliphatic rings. The second-order valence-electron chi connectivity index (χ2n) is 10.8. The molecular formula is C30H38Br2N4O3. The molecule has 9 heteroatoms. The summed E-state index contributed by atoms with van der Waals surface area (Å²) in [5, 5.41) is 5.84. The second-order valence-corrected chi connectivity index (χ2v) is 12.5. The molecule has 4 rings (SSSR count). The van der Waals surface area contributed by atoms with E-state index in [1.54, 1.807) is 4.90 Å². The number of rotatable bonds is 7. The number of hydrogen-bond acceptors (Lipinski definition) is 3. The monoisotopic (exact) mass is 660 g/mol. The predicted molar refractivity (Wildman–Crippen MR) is 162 cm³/mol. The number of carbonyl (C=O) groups is 3. The van der Waals surface area contributed by atoms with Crippen molar-refractivity contribution in [2.45, 2.75) is 64.3 Å². The van der Waals surface area contributed by atoms with E-state index in [-0.39, 0.29) is 17.7 Å². The highest BCUT2D eigenvalue weighted by Crippen LogP contribution is 2.34. The Morgan fingerprint density at radius 3 is 2.10 bits per heavy atom. The van der Waals surface area contributed by atoms with E-state index in [0.717, 1.165) is 46.0 Å². The first-order chi connectivity index (χ1) is 18.7. The average molecular weight is 662 g/mol. The van der Waals surface area contributed by atoms with E-state index in [1.165, 1.54) is 6.42 Å². The van der Waals surface area contributed by atoms with Crippen LogP contribution in [0.3, 0.4) is 0 Å². The standard InChI is InChI=1S/C30H38Br2N4O3/c1-20(2)23-18-24(31)27(25(32)19-23)34-30(39)33-26(17-21-9-5-3-6-10-21)29(38)36-15-11-22(12-16-36)28(37)35-13-7-4-8-14-35/h3,5-6,9-10,18-20,22,26H,4,7-8,11-17H2,1-2H3,(H2,33,34,39)/t26-/m1/s1. The van der Waals surface area contributed by atoms with Crippen LogP contribution in [-0.2, 0) is 16.0 Å². The van der Waals surface area contributed by atoms with Crippen molar-refractivity contribution < 1.29 is 14.4 Å². The number of hydrogen-bond donors (Lipinski definition) is 2. The molecule has 4 amide bonds. The lowest BCUT2D eigenvalue weighted by Crippen LogP contribution is -2.53. The molecule has 2 heterocycles. The maximum Gasteiger partial charge on any atom is 0.319 e. The summed E-state index contributed by atoms with van der Waals surface area (Å²) in [5.74, 6) is 0.429. The molecule has 2 aliphatic heterocycles. The topological polar surface area (TPSA) is 81.8 Å². The van der Waals surface area contributed by atoms with Crippen LogP contribution < -0.4 is 10.6 Å². The van der Waals surface area contributed by atoms with Gasteiger partial charge in [-0.1, -0.05) is 44.2 Å². The van der Waals surface area contributed by atoms with Crippen molar-refractivity contribution in [3.05, 3.63) is 62.5 Å². The van der Waals surface area contributed by atoms with Gasteiger partial charge in [-0.2, -0.15) is 0 Å². The molecule has 2 aromatic carbocycles. The predicted octanol–water partition coefficient (Wildman–Crippen LogP) is 6.32. The van der Waals surface area contributed by atoms with Crippen molar-refractivity contribution in [2.24, 2.45) is 5.92 Å². The number of urea groups is 1. The Balaban J connectivity index is 1.42. The number of piperidine rings is 2. The largest absolute Gasteiger partial charge is 0.342 e. The molecule has 0 spiro atoms. The van der Waals surface area contributed by atoms with Crippen molar-refractivity contribution in [3.63, 3.8) is 0 Å². The molecule has 0 aliphatic carbocycles. The summed E-state index contributed by atoms with van der Waals surface area (Å²) in [7, 11) is 0. The van der Waals surface area contributed by atoms with Crippen LogP contribution in [0.25, 0.3) is 0 Å². The summed E-state index contributed by atoms with van der Waals surface area (Å²) >= 11 is 7.15. The highest BCUT2D eigenvalue weighted by Gasteiger charge is 2.33.